The van der Waals surface area contributed by atoms with Crippen molar-refractivity contribution in [2.24, 2.45) is 0 Å². The normalized spacial score (nSPS) is 12.6. The van der Waals surface area contributed by atoms with Crippen molar-refractivity contribution < 1.29 is 22.7 Å². The number of nitrogens with zero attached hydrogens (tertiary/aromatic N) is 1. The monoisotopic (exact) mass is 595 g/mol. The van der Waals surface area contributed by atoms with E-state index in [9.17, 15) is 18.0 Å². The standard InChI is InChI=1S/C29H26ClN3O5S2/c1-18(34)33-12-11-26-23(28-24(33)9-6-10-25(28)38-17-19-7-4-3-5-8-19)16-27(39-26)29(35)31-21-13-20(30)14-22(15-21)32-40(2,36)37/h3-10,13-16,32H,11-12,17H2,1-2H3,(H,31,35). The number of amides is 2. The number of thiophene rings is 1. The summed E-state index contributed by atoms with van der Waals surface area (Å²) in [7, 11) is -3.52. The molecule has 5 rings (SSSR count). The van der Waals surface area contributed by atoms with Crippen LogP contribution in [0, 0.1) is 0 Å². The highest BCUT2D eigenvalue weighted by atomic mass is 35.5. The van der Waals surface area contributed by atoms with E-state index in [4.69, 9.17) is 16.3 Å². The van der Waals surface area contributed by atoms with E-state index in [0.29, 0.717) is 35.9 Å². The Morgan fingerprint density at radius 1 is 1.02 bits per heavy atom. The summed E-state index contributed by atoms with van der Waals surface area (Å²) in [6.45, 7) is 2.36. The van der Waals surface area contributed by atoms with E-state index in [1.807, 2.05) is 54.6 Å². The smallest absolute Gasteiger partial charge is 0.265 e. The molecule has 0 bridgehead atoms. The average Bonchev–Trinajstić information content (AvgIpc) is 3.24. The first-order chi connectivity index (χ1) is 19.1. The van der Waals surface area contributed by atoms with Crippen LogP contribution >= 0.6 is 22.9 Å². The van der Waals surface area contributed by atoms with E-state index >= 15 is 0 Å². The number of hydrogen-bond donors (Lipinski definition) is 2. The molecular formula is C29H26ClN3O5S2. The van der Waals surface area contributed by atoms with E-state index in [1.54, 1.807) is 11.0 Å². The molecule has 0 saturated heterocycles. The molecule has 0 spiro atoms. The highest BCUT2D eigenvalue weighted by molar-refractivity contribution is 7.92. The van der Waals surface area contributed by atoms with Crippen LogP contribution in [0.2, 0.25) is 5.02 Å². The van der Waals surface area contributed by atoms with Crippen molar-refractivity contribution in [3.05, 3.63) is 93.1 Å². The molecule has 0 aliphatic carbocycles. The van der Waals surface area contributed by atoms with Crippen LogP contribution in [0.5, 0.6) is 5.75 Å². The van der Waals surface area contributed by atoms with Gasteiger partial charge in [-0.25, -0.2) is 8.42 Å². The molecule has 2 amide bonds. The Bertz CT molecular complexity index is 1700. The lowest BCUT2D eigenvalue weighted by molar-refractivity contribution is -0.116. The molecule has 0 radical (unpaired) electrons. The fourth-order valence-electron chi connectivity index (χ4n) is 4.60. The topological polar surface area (TPSA) is 105 Å². The van der Waals surface area contributed by atoms with Crippen LogP contribution in [-0.4, -0.2) is 33.0 Å². The van der Waals surface area contributed by atoms with E-state index in [-0.39, 0.29) is 22.5 Å². The van der Waals surface area contributed by atoms with Crippen LogP contribution in [0.15, 0.2) is 72.8 Å². The van der Waals surface area contributed by atoms with Crippen molar-refractivity contribution in [1.29, 1.82) is 0 Å². The first-order valence-corrected chi connectivity index (χ1v) is 15.5. The maximum atomic E-state index is 13.3. The largest absolute Gasteiger partial charge is 0.488 e. The van der Waals surface area contributed by atoms with E-state index < -0.39 is 10.0 Å². The van der Waals surface area contributed by atoms with Gasteiger partial charge in [0.2, 0.25) is 15.9 Å². The van der Waals surface area contributed by atoms with Gasteiger partial charge >= 0.3 is 0 Å². The molecule has 1 aliphatic heterocycles. The van der Waals surface area contributed by atoms with Gasteiger partial charge in [-0.05, 0) is 42.0 Å². The number of anilines is 3. The second-order valence-electron chi connectivity index (χ2n) is 9.35. The van der Waals surface area contributed by atoms with Crippen LogP contribution in [0.3, 0.4) is 0 Å². The number of ether oxygens (including phenoxy) is 1. The number of benzene rings is 3. The number of rotatable bonds is 7. The summed E-state index contributed by atoms with van der Waals surface area (Å²) in [6.07, 6.45) is 1.60. The van der Waals surface area contributed by atoms with Crippen LogP contribution in [0.1, 0.15) is 27.0 Å². The first kappa shape index (κ1) is 27.7. The van der Waals surface area contributed by atoms with Crippen molar-refractivity contribution in [3.63, 3.8) is 0 Å². The highest BCUT2D eigenvalue weighted by Crippen LogP contribution is 2.46. The average molecular weight is 596 g/mol. The van der Waals surface area contributed by atoms with Gasteiger partial charge in [-0.3, -0.25) is 14.3 Å². The summed E-state index contributed by atoms with van der Waals surface area (Å²) in [6, 6.07) is 21.7. The van der Waals surface area contributed by atoms with Gasteiger partial charge < -0.3 is 15.0 Å². The minimum absolute atomic E-state index is 0.0750. The predicted octanol–water partition coefficient (Wildman–Crippen LogP) is 6.18. The third-order valence-electron chi connectivity index (χ3n) is 6.24. The Morgan fingerprint density at radius 2 is 1.77 bits per heavy atom. The van der Waals surface area contributed by atoms with Gasteiger partial charge in [0.1, 0.15) is 12.4 Å². The fourth-order valence-corrected chi connectivity index (χ4v) is 6.43. The van der Waals surface area contributed by atoms with E-state index in [0.717, 1.165) is 33.5 Å². The summed E-state index contributed by atoms with van der Waals surface area (Å²) in [4.78, 5) is 29.0. The Hall–Kier alpha value is -3.86. The van der Waals surface area contributed by atoms with Crippen molar-refractivity contribution in [3.8, 4) is 16.9 Å². The zero-order chi connectivity index (χ0) is 28.4. The number of carbonyl (C=O) groups excluding carboxylic acids is 2. The minimum atomic E-state index is -3.52. The molecule has 11 heteroatoms. The van der Waals surface area contributed by atoms with Crippen molar-refractivity contribution in [1.82, 2.24) is 0 Å². The van der Waals surface area contributed by atoms with Crippen molar-refractivity contribution >= 4 is 61.8 Å². The summed E-state index contributed by atoms with van der Waals surface area (Å²) in [5.41, 5.74) is 3.93. The van der Waals surface area contributed by atoms with Gasteiger partial charge in [0, 0.05) is 46.6 Å². The summed E-state index contributed by atoms with van der Waals surface area (Å²) >= 11 is 7.51. The maximum Gasteiger partial charge on any atom is 0.265 e. The minimum Gasteiger partial charge on any atom is -0.488 e. The Kier molecular flexibility index (Phi) is 7.84. The third kappa shape index (κ3) is 6.30. The Morgan fingerprint density at radius 3 is 2.50 bits per heavy atom. The number of halogens is 1. The molecule has 206 valence electrons. The van der Waals surface area contributed by atoms with Gasteiger partial charge in [0.25, 0.3) is 5.91 Å². The lowest BCUT2D eigenvalue weighted by Gasteiger charge is -2.23. The summed E-state index contributed by atoms with van der Waals surface area (Å²) < 4.78 is 31.9. The summed E-state index contributed by atoms with van der Waals surface area (Å²) in [5, 5.41) is 3.09. The fraction of sp³-hybridized carbons (Fsp3) is 0.172. The number of carbonyl (C=O) groups is 2. The number of hydrogen-bond acceptors (Lipinski definition) is 6. The Labute approximate surface area is 241 Å². The van der Waals surface area contributed by atoms with Crippen LogP contribution in [-0.2, 0) is 27.8 Å². The molecule has 2 heterocycles. The second kappa shape index (κ2) is 11.3. The molecule has 8 nitrogen and oxygen atoms in total. The number of sulfonamides is 1. The van der Waals surface area contributed by atoms with Gasteiger partial charge in [0.15, 0.2) is 0 Å². The lowest BCUT2D eigenvalue weighted by atomic mass is 10.0. The molecule has 40 heavy (non-hydrogen) atoms. The quantitative estimate of drug-likeness (QED) is 0.265. The molecule has 0 unspecified atom stereocenters. The maximum absolute atomic E-state index is 13.3. The molecule has 0 saturated carbocycles. The van der Waals surface area contributed by atoms with Crippen LogP contribution < -0.4 is 19.7 Å². The highest BCUT2D eigenvalue weighted by Gasteiger charge is 2.28. The molecule has 2 N–H and O–H groups in total. The molecule has 0 atom stereocenters. The van der Waals surface area contributed by atoms with Crippen molar-refractivity contribution in [2.45, 2.75) is 20.0 Å². The van der Waals surface area contributed by atoms with Gasteiger partial charge in [-0.1, -0.05) is 48.0 Å². The van der Waals surface area contributed by atoms with Crippen LogP contribution in [0.25, 0.3) is 11.1 Å². The molecule has 4 aromatic rings. The SMILES string of the molecule is CC(=O)N1CCc2sc(C(=O)Nc3cc(Cl)cc(NS(C)(=O)=O)c3)cc2-c2c(OCc3ccccc3)cccc21. The molecule has 1 aromatic heterocycles. The molecule has 1 aliphatic rings. The number of nitrogens with one attached hydrogen (secondary N) is 2. The first-order valence-electron chi connectivity index (χ1n) is 12.4. The second-order valence-corrected chi connectivity index (χ2v) is 12.7. The third-order valence-corrected chi connectivity index (χ3v) is 8.25. The van der Waals surface area contributed by atoms with Gasteiger partial charge in [0.05, 0.1) is 22.5 Å². The zero-order valence-electron chi connectivity index (χ0n) is 21.7. The Balaban J connectivity index is 1.49. The van der Waals surface area contributed by atoms with E-state index in [1.165, 1.54) is 30.4 Å². The number of fused-ring (bicyclic) bond motifs is 3. The van der Waals surface area contributed by atoms with Crippen LogP contribution in [0.4, 0.5) is 17.1 Å². The lowest BCUT2D eigenvalue weighted by Crippen LogP contribution is -2.30. The van der Waals surface area contributed by atoms with Gasteiger partial charge in [-0.2, -0.15) is 0 Å². The van der Waals surface area contributed by atoms with Gasteiger partial charge in [-0.15, -0.1) is 11.3 Å². The molecular weight excluding hydrogens is 570 g/mol. The predicted molar refractivity (Wildman–Crippen MR) is 160 cm³/mol. The molecule has 0 fully saturated rings. The zero-order valence-corrected chi connectivity index (χ0v) is 24.1. The summed E-state index contributed by atoms with van der Waals surface area (Å²) in [5.74, 6) is 0.180. The molecule has 3 aromatic carbocycles. The van der Waals surface area contributed by atoms with E-state index in [2.05, 4.69) is 10.0 Å². The van der Waals surface area contributed by atoms with Crippen molar-refractivity contribution in [2.75, 3.05) is 27.7 Å².